The van der Waals surface area contributed by atoms with Crippen LogP contribution in [0, 0.1) is 0 Å². The van der Waals surface area contributed by atoms with E-state index >= 15 is 0 Å². The summed E-state index contributed by atoms with van der Waals surface area (Å²) in [5.41, 5.74) is 0.679. The van der Waals surface area contributed by atoms with Gasteiger partial charge in [-0.3, -0.25) is 4.99 Å². The van der Waals surface area contributed by atoms with E-state index in [9.17, 15) is 0 Å². The molecule has 0 aliphatic carbocycles. The lowest BCUT2D eigenvalue weighted by Gasteiger charge is -2.24. The number of aliphatic imine (C=N–C) groups is 1. The van der Waals surface area contributed by atoms with Gasteiger partial charge in [-0.25, -0.2) is 0 Å². The van der Waals surface area contributed by atoms with Gasteiger partial charge in [0.05, 0.1) is 12.1 Å². The van der Waals surface area contributed by atoms with Crippen molar-refractivity contribution in [2.24, 2.45) is 4.99 Å². The van der Waals surface area contributed by atoms with E-state index in [-0.39, 0.29) is 5.60 Å². The molecule has 134 valence electrons. The summed E-state index contributed by atoms with van der Waals surface area (Å²) < 4.78 is 11.0. The largest absolute Gasteiger partial charge is 0.373 e. The van der Waals surface area contributed by atoms with Crippen LogP contribution in [0.25, 0.3) is 11.4 Å². The van der Waals surface area contributed by atoms with E-state index in [1.165, 1.54) is 0 Å². The van der Waals surface area contributed by atoms with Gasteiger partial charge in [0.1, 0.15) is 0 Å². The third-order valence-electron chi connectivity index (χ3n) is 4.11. The molecule has 1 aromatic carbocycles. The molecule has 7 nitrogen and oxygen atoms in total. The van der Waals surface area contributed by atoms with Crippen LogP contribution in [-0.4, -0.2) is 41.9 Å². The molecule has 8 heteroatoms. The maximum absolute atomic E-state index is 5.99. The molecule has 0 bridgehead atoms. The molecule has 2 aromatic rings. The highest BCUT2D eigenvalue weighted by Gasteiger charge is 2.29. The summed E-state index contributed by atoms with van der Waals surface area (Å²) in [6.07, 6.45) is 2.14. The van der Waals surface area contributed by atoms with Crippen molar-refractivity contribution in [3.63, 3.8) is 0 Å². The Morgan fingerprint density at radius 2 is 2.28 bits per heavy atom. The quantitative estimate of drug-likeness (QED) is 0.627. The Kier molecular flexibility index (Phi) is 5.55. The van der Waals surface area contributed by atoms with Crippen molar-refractivity contribution >= 4 is 17.6 Å². The summed E-state index contributed by atoms with van der Waals surface area (Å²) in [6.45, 7) is 4.00. The van der Waals surface area contributed by atoms with Crippen LogP contribution < -0.4 is 10.6 Å². The van der Waals surface area contributed by atoms with Gasteiger partial charge in [-0.2, -0.15) is 4.98 Å². The van der Waals surface area contributed by atoms with Gasteiger partial charge < -0.3 is 19.9 Å². The predicted molar refractivity (Wildman–Crippen MR) is 96.5 cm³/mol. The lowest BCUT2D eigenvalue weighted by molar-refractivity contribution is 0.0242. The Hall–Kier alpha value is -2.12. The van der Waals surface area contributed by atoms with Crippen LogP contribution in [-0.2, 0) is 11.3 Å². The van der Waals surface area contributed by atoms with E-state index in [0.29, 0.717) is 35.8 Å². The van der Waals surface area contributed by atoms with Gasteiger partial charge >= 0.3 is 0 Å². The van der Waals surface area contributed by atoms with Crippen LogP contribution in [0.3, 0.4) is 0 Å². The molecule has 3 rings (SSSR count). The number of benzene rings is 1. The minimum absolute atomic E-state index is 0.137. The SMILES string of the molecule is CN=C(NCc1nc(-c2cccc(Cl)c2)no1)NCC1(C)CCCO1. The van der Waals surface area contributed by atoms with E-state index in [0.717, 1.165) is 25.0 Å². The fraction of sp³-hybridized carbons (Fsp3) is 0.471. The number of halogens is 1. The number of aromatic nitrogens is 2. The highest BCUT2D eigenvalue weighted by molar-refractivity contribution is 6.30. The first-order valence-corrected chi connectivity index (χ1v) is 8.63. The Morgan fingerprint density at radius 1 is 1.40 bits per heavy atom. The van der Waals surface area contributed by atoms with Crippen LogP contribution in [0.1, 0.15) is 25.7 Å². The Labute approximate surface area is 151 Å². The first-order valence-electron chi connectivity index (χ1n) is 8.25. The van der Waals surface area contributed by atoms with Crippen molar-refractivity contribution in [1.82, 2.24) is 20.8 Å². The van der Waals surface area contributed by atoms with Crippen molar-refractivity contribution in [3.8, 4) is 11.4 Å². The van der Waals surface area contributed by atoms with E-state index in [1.54, 1.807) is 19.2 Å². The molecule has 1 aliphatic heterocycles. The topological polar surface area (TPSA) is 84.6 Å². The number of hydrogen-bond acceptors (Lipinski definition) is 5. The molecule has 0 amide bonds. The van der Waals surface area contributed by atoms with Crippen molar-refractivity contribution in [1.29, 1.82) is 0 Å². The van der Waals surface area contributed by atoms with E-state index in [2.05, 4.69) is 32.7 Å². The molecule has 1 atom stereocenters. The number of rotatable bonds is 5. The number of nitrogens with one attached hydrogen (secondary N) is 2. The number of nitrogens with zero attached hydrogens (tertiary/aromatic N) is 3. The summed E-state index contributed by atoms with van der Waals surface area (Å²) in [7, 11) is 1.72. The fourth-order valence-corrected chi connectivity index (χ4v) is 2.89. The number of ether oxygens (including phenoxy) is 1. The summed E-state index contributed by atoms with van der Waals surface area (Å²) in [5.74, 6) is 1.65. The Morgan fingerprint density at radius 3 is 3.00 bits per heavy atom. The van der Waals surface area contributed by atoms with Crippen LogP contribution in [0.15, 0.2) is 33.8 Å². The third-order valence-corrected chi connectivity index (χ3v) is 4.35. The lowest BCUT2D eigenvalue weighted by atomic mass is 10.0. The average Bonchev–Trinajstić information content (AvgIpc) is 3.25. The molecular formula is C17H22ClN5O2. The van der Waals surface area contributed by atoms with Crippen molar-refractivity contribution in [3.05, 3.63) is 35.2 Å². The van der Waals surface area contributed by atoms with Crippen LogP contribution in [0.4, 0.5) is 0 Å². The molecule has 25 heavy (non-hydrogen) atoms. The zero-order valence-corrected chi connectivity index (χ0v) is 15.1. The molecule has 1 aromatic heterocycles. The van der Waals surface area contributed by atoms with Crippen LogP contribution in [0.5, 0.6) is 0 Å². The van der Waals surface area contributed by atoms with Crippen molar-refractivity contribution in [2.45, 2.75) is 31.9 Å². The summed E-state index contributed by atoms with van der Waals surface area (Å²) in [5, 5.41) is 11.1. The highest BCUT2D eigenvalue weighted by atomic mass is 35.5. The summed E-state index contributed by atoms with van der Waals surface area (Å²) in [4.78, 5) is 8.58. The van der Waals surface area contributed by atoms with Gasteiger partial charge in [0.15, 0.2) is 5.96 Å². The maximum atomic E-state index is 5.99. The molecular weight excluding hydrogens is 342 g/mol. The molecule has 1 saturated heterocycles. The molecule has 0 spiro atoms. The molecule has 1 fully saturated rings. The third kappa shape index (κ3) is 4.70. The van der Waals surface area contributed by atoms with Crippen LogP contribution >= 0.6 is 11.6 Å². The normalized spacial score (nSPS) is 20.7. The van der Waals surface area contributed by atoms with Gasteiger partial charge in [0.25, 0.3) is 0 Å². The minimum Gasteiger partial charge on any atom is -0.373 e. The number of guanidine groups is 1. The second-order valence-electron chi connectivity index (χ2n) is 6.20. The van der Waals surface area contributed by atoms with Crippen molar-refractivity contribution in [2.75, 3.05) is 20.2 Å². The van der Waals surface area contributed by atoms with Gasteiger partial charge in [0, 0.05) is 30.8 Å². The Bertz CT molecular complexity index is 740. The average molecular weight is 364 g/mol. The monoisotopic (exact) mass is 363 g/mol. The first-order chi connectivity index (χ1) is 12.1. The lowest BCUT2D eigenvalue weighted by Crippen LogP contribution is -2.45. The molecule has 0 radical (unpaired) electrons. The second-order valence-corrected chi connectivity index (χ2v) is 6.64. The summed E-state index contributed by atoms with van der Waals surface area (Å²) in [6, 6.07) is 7.34. The van der Waals surface area contributed by atoms with E-state index in [4.69, 9.17) is 20.9 Å². The zero-order chi connectivity index (χ0) is 17.7. The van der Waals surface area contributed by atoms with Gasteiger partial charge in [-0.05, 0) is 31.9 Å². The van der Waals surface area contributed by atoms with Crippen molar-refractivity contribution < 1.29 is 9.26 Å². The van der Waals surface area contributed by atoms with E-state index < -0.39 is 0 Å². The second kappa shape index (κ2) is 7.84. The standard InChI is InChI=1S/C17H22ClN5O2/c1-17(7-4-8-24-17)11-21-16(19-2)20-10-14-22-15(23-25-14)12-5-3-6-13(18)9-12/h3,5-6,9H,4,7-8,10-11H2,1-2H3,(H2,19,20,21). The number of hydrogen-bond donors (Lipinski definition) is 2. The summed E-state index contributed by atoms with van der Waals surface area (Å²) >= 11 is 5.99. The van der Waals surface area contributed by atoms with Gasteiger partial charge in [-0.1, -0.05) is 28.9 Å². The molecule has 0 saturated carbocycles. The molecule has 1 aliphatic rings. The Balaban J connectivity index is 1.54. The molecule has 2 heterocycles. The van der Waals surface area contributed by atoms with E-state index in [1.807, 2.05) is 12.1 Å². The molecule has 1 unspecified atom stereocenters. The van der Waals surface area contributed by atoms with Crippen LogP contribution in [0.2, 0.25) is 5.02 Å². The highest BCUT2D eigenvalue weighted by Crippen LogP contribution is 2.23. The van der Waals surface area contributed by atoms with Gasteiger partial charge in [-0.15, -0.1) is 0 Å². The predicted octanol–water partition coefficient (Wildman–Crippen LogP) is 2.62. The first kappa shape index (κ1) is 17.7. The smallest absolute Gasteiger partial charge is 0.246 e. The fourth-order valence-electron chi connectivity index (χ4n) is 2.70. The minimum atomic E-state index is -0.137. The van der Waals surface area contributed by atoms with Gasteiger partial charge in [0.2, 0.25) is 11.7 Å². The molecule has 2 N–H and O–H groups in total. The maximum Gasteiger partial charge on any atom is 0.246 e. The zero-order valence-electron chi connectivity index (χ0n) is 14.4.